The molecule has 1 fully saturated rings. The van der Waals surface area contributed by atoms with Gasteiger partial charge in [-0.2, -0.15) is 0 Å². The molecule has 0 aliphatic heterocycles. The van der Waals surface area contributed by atoms with Gasteiger partial charge >= 0.3 is 13.8 Å². The number of hydrogen-bond acceptors (Lipinski definition) is 11. The molecule has 0 aromatic rings. The lowest BCUT2D eigenvalue weighted by molar-refractivity contribution is -0.220. The largest absolute Gasteiger partial charge is 0.472 e. The van der Waals surface area contributed by atoms with Crippen molar-refractivity contribution in [1.82, 2.24) is 0 Å². The molecular weight excluding hydrogens is 691 g/mol. The Labute approximate surface area is 315 Å². The molecule has 6 unspecified atom stereocenters. The predicted octanol–water partition coefficient (Wildman–Crippen LogP) is 7.42. The van der Waals surface area contributed by atoms with Gasteiger partial charge in [0.05, 0.1) is 13.2 Å². The molecule has 0 aromatic heterocycles. The molecule has 0 bridgehead atoms. The summed E-state index contributed by atoms with van der Waals surface area (Å²) in [5.74, 6) is -0.475. The number of unbranched alkanes of at least 4 members (excludes halogenated alkanes) is 23. The van der Waals surface area contributed by atoms with Crippen molar-refractivity contribution in [2.24, 2.45) is 0 Å². The average Bonchev–Trinajstić information content (AvgIpc) is 3.12. The molecule has 13 heteroatoms. The van der Waals surface area contributed by atoms with Crippen molar-refractivity contribution in [3.05, 3.63) is 0 Å². The SMILES string of the molecule is CCCCCCCCCCCCCCCCOCC(COP(=O)(O)OC1C(O)C(O)C(O)C(O)C1O)OC(=O)CCCCCCCCCCCCC. The fraction of sp³-hybridized carbons (Fsp3) is 0.974. The van der Waals surface area contributed by atoms with E-state index in [1.54, 1.807) is 0 Å². The first kappa shape index (κ1) is 49.4. The topological polar surface area (TPSA) is 192 Å². The van der Waals surface area contributed by atoms with Gasteiger partial charge in [-0.15, -0.1) is 0 Å². The lowest BCUT2D eigenvalue weighted by Gasteiger charge is -2.41. The van der Waals surface area contributed by atoms with Crippen LogP contribution >= 0.6 is 7.82 Å². The van der Waals surface area contributed by atoms with Crippen molar-refractivity contribution in [1.29, 1.82) is 0 Å². The Morgan fingerprint density at radius 1 is 0.538 bits per heavy atom. The molecule has 0 spiro atoms. The summed E-state index contributed by atoms with van der Waals surface area (Å²) in [5.41, 5.74) is 0. The highest BCUT2D eigenvalue weighted by Gasteiger charge is 2.51. The third kappa shape index (κ3) is 24.0. The number of ether oxygens (including phenoxy) is 2. The minimum Gasteiger partial charge on any atom is -0.457 e. The highest BCUT2D eigenvalue weighted by atomic mass is 31.2. The lowest BCUT2D eigenvalue weighted by atomic mass is 9.85. The van der Waals surface area contributed by atoms with E-state index < -0.39 is 63.1 Å². The normalized spacial score (nSPS) is 23.8. The van der Waals surface area contributed by atoms with E-state index in [-0.39, 0.29) is 13.0 Å². The van der Waals surface area contributed by atoms with E-state index >= 15 is 0 Å². The Hall–Kier alpha value is -0.660. The Bertz CT molecular complexity index is 879. The maximum Gasteiger partial charge on any atom is 0.472 e. The van der Waals surface area contributed by atoms with Crippen molar-refractivity contribution in [3.63, 3.8) is 0 Å². The van der Waals surface area contributed by atoms with E-state index in [0.29, 0.717) is 13.0 Å². The van der Waals surface area contributed by atoms with Crippen LogP contribution < -0.4 is 0 Å². The molecule has 0 amide bonds. The zero-order chi connectivity index (χ0) is 38.5. The molecule has 1 aliphatic carbocycles. The third-order valence-electron chi connectivity index (χ3n) is 9.98. The summed E-state index contributed by atoms with van der Waals surface area (Å²) in [6, 6.07) is 0. The van der Waals surface area contributed by atoms with Crippen molar-refractivity contribution < 1.29 is 58.3 Å². The molecule has 0 heterocycles. The summed E-state index contributed by atoms with van der Waals surface area (Å²) < 4.78 is 34.0. The highest BCUT2D eigenvalue weighted by Crippen LogP contribution is 2.47. The van der Waals surface area contributed by atoms with Crippen molar-refractivity contribution in [2.45, 2.75) is 224 Å². The average molecular weight is 769 g/mol. The highest BCUT2D eigenvalue weighted by molar-refractivity contribution is 7.47. The van der Waals surface area contributed by atoms with Crippen LogP contribution in [-0.2, 0) is 27.9 Å². The van der Waals surface area contributed by atoms with Crippen LogP contribution in [0.5, 0.6) is 0 Å². The Kier molecular flexibility index (Phi) is 29.9. The van der Waals surface area contributed by atoms with Crippen LogP contribution in [0.4, 0.5) is 0 Å². The monoisotopic (exact) mass is 769 g/mol. The first-order valence-electron chi connectivity index (χ1n) is 20.9. The number of aliphatic hydroxyl groups is 5. The molecule has 52 heavy (non-hydrogen) atoms. The molecular formula is C39H77O12P. The van der Waals surface area contributed by atoms with Gasteiger partial charge in [-0.1, -0.05) is 162 Å². The summed E-state index contributed by atoms with van der Waals surface area (Å²) in [6.07, 6.45) is 17.5. The van der Waals surface area contributed by atoms with Gasteiger partial charge in [0.25, 0.3) is 0 Å². The van der Waals surface area contributed by atoms with Crippen molar-refractivity contribution in [2.75, 3.05) is 19.8 Å². The Morgan fingerprint density at radius 2 is 0.904 bits per heavy atom. The summed E-state index contributed by atoms with van der Waals surface area (Å²) >= 11 is 0. The molecule has 0 saturated heterocycles. The molecule has 6 N–H and O–H groups in total. The maximum absolute atomic E-state index is 12.7. The first-order chi connectivity index (χ1) is 25.0. The van der Waals surface area contributed by atoms with E-state index in [1.807, 2.05) is 0 Å². The van der Waals surface area contributed by atoms with Crippen LogP contribution in [0.25, 0.3) is 0 Å². The van der Waals surface area contributed by atoms with Crippen LogP contribution in [0, 0.1) is 0 Å². The quantitative estimate of drug-likeness (QED) is 0.0213. The summed E-state index contributed by atoms with van der Waals surface area (Å²) in [6.45, 7) is 4.25. The smallest absolute Gasteiger partial charge is 0.457 e. The number of aliphatic hydroxyl groups excluding tert-OH is 5. The van der Waals surface area contributed by atoms with Crippen LogP contribution in [0.15, 0.2) is 0 Å². The van der Waals surface area contributed by atoms with Crippen molar-refractivity contribution in [3.8, 4) is 0 Å². The number of rotatable bonds is 35. The second kappa shape index (κ2) is 31.5. The zero-order valence-electron chi connectivity index (χ0n) is 32.6. The fourth-order valence-electron chi connectivity index (χ4n) is 6.59. The van der Waals surface area contributed by atoms with Crippen LogP contribution in [0.3, 0.4) is 0 Å². The van der Waals surface area contributed by atoms with Crippen LogP contribution in [0.2, 0.25) is 0 Å². The Balaban J connectivity index is 2.43. The molecule has 1 aliphatic rings. The summed E-state index contributed by atoms with van der Waals surface area (Å²) in [4.78, 5) is 23.0. The van der Waals surface area contributed by atoms with E-state index in [1.165, 1.54) is 116 Å². The van der Waals surface area contributed by atoms with Crippen molar-refractivity contribution >= 4 is 13.8 Å². The second-order valence-corrected chi connectivity index (χ2v) is 16.3. The van der Waals surface area contributed by atoms with Crippen LogP contribution in [-0.4, -0.2) is 98.9 Å². The third-order valence-corrected chi connectivity index (χ3v) is 11.0. The van der Waals surface area contributed by atoms with Gasteiger partial charge in [0.15, 0.2) is 0 Å². The number of esters is 1. The molecule has 1 saturated carbocycles. The summed E-state index contributed by atoms with van der Waals surface area (Å²) in [7, 11) is -5.00. The van der Waals surface area contributed by atoms with Crippen LogP contribution in [0.1, 0.15) is 181 Å². The standard InChI is InChI=1S/C39H77O12P/c1-3-5-7-9-11-13-15-16-17-19-21-23-25-27-29-48-30-32(50-33(40)28-26-24-22-20-18-14-12-10-8-6-4-2)31-49-52(46,47)51-39-37(44)35(42)34(41)36(43)38(39)45/h32,34-39,41-45H,3-31H2,1-2H3,(H,46,47). The van der Waals surface area contributed by atoms with Gasteiger partial charge in [0, 0.05) is 13.0 Å². The van der Waals surface area contributed by atoms with Gasteiger partial charge in [0.1, 0.15) is 42.7 Å². The zero-order valence-corrected chi connectivity index (χ0v) is 33.5. The number of phosphoric ester groups is 1. The van der Waals surface area contributed by atoms with Gasteiger partial charge in [-0.25, -0.2) is 4.57 Å². The van der Waals surface area contributed by atoms with E-state index in [4.69, 9.17) is 18.5 Å². The van der Waals surface area contributed by atoms with Gasteiger partial charge in [-0.3, -0.25) is 13.8 Å². The second-order valence-electron chi connectivity index (χ2n) is 14.9. The van der Waals surface area contributed by atoms with E-state index in [0.717, 1.165) is 38.5 Å². The molecule has 6 atom stereocenters. The minimum atomic E-state index is -5.00. The minimum absolute atomic E-state index is 0.0687. The number of carbonyl (C=O) groups excluding carboxylic acids is 1. The first-order valence-corrected chi connectivity index (χ1v) is 22.4. The van der Waals surface area contributed by atoms with Gasteiger partial charge in [0.2, 0.25) is 0 Å². The number of hydrogen-bond donors (Lipinski definition) is 6. The van der Waals surface area contributed by atoms with E-state index in [2.05, 4.69) is 13.8 Å². The number of carbonyl (C=O) groups is 1. The lowest BCUT2D eigenvalue weighted by Crippen LogP contribution is -2.64. The fourth-order valence-corrected chi connectivity index (χ4v) is 7.56. The summed E-state index contributed by atoms with van der Waals surface area (Å²) in [5, 5.41) is 50.0. The van der Waals surface area contributed by atoms with Gasteiger partial charge < -0.3 is 39.9 Å². The molecule has 1 rings (SSSR count). The van der Waals surface area contributed by atoms with Gasteiger partial charge in [-0.05, 0) is 12.8 Å². The number of phosphoric acid groups is 1. The maximum atomic E-state index is 12.7. The molecule has 0 aromatic carbocycles. The van der Waals surface area contributed by atoms with E-state index in [9.17, 15) is 39.8 Å². The molecule has 12 nitrogen and oxygen atoms in total. The molecule has 310 valence electrons. The molecule has 0 radical (unpaired) electrons. The Morgan fingerprint density at radius 3 is 1.33 bits per heavy atom. The predicted molar refractivity (Wildman–Crippen MR) is 203 cm³/mol.